The van der Waals surface area contributed by atoms with Gasteiger partial charge in [-0.25, -0.2) is 9.78 Å². The van der Waals surface area contributed by atoms with Gasteiger partial charge < -0.3 is 14.8 Å². The number of methoxy groups -OCH3 is 1. The lowest BCUT2D eigenvalue weighted by Crippen LogP contribution is -2.26. The minimum Gasteiger partial charge on any atom is -0.497 e. The fourth-order valence-electron chi connectivity index (χ4n) is 4.44. The second-order valence-corrected chi connectivity index (χ2v) is 11.8. The first-order valence-corrected chi connectivity index (χ1v) is 13.7. The summed E-state index contributed by atoms with van der Waals surface area (Å²) < 4.78 is 10.7. The van der Waals surface area contributed by atoms with Crippen LogP contribution < -0.4 is 10.1 Å². The maximum Gasteiger partial charge on any atom is 0.341 e. The first kappa shape index (κ1) is 25.9. The summed E-state index contributed by atoms with van der Waals surface area (Å²) in [5.74, 6) is 0.997. The van der Waals surface area contributed by atoms with Crippen LogP contribution in [0.2, 0.25) is 0 Å². The van der Waals surface area contributed by atoms with Crippen LogP contribution in [0.3, 0.4) is 0 Å². The molecule has 1 N–H and O–H groups in total. The largest absolute Gasteiger partial charge is 0.497 e. The molecule has 8 heteroatoms. The second kappa shape index (κ2) is 10.9. The summed E-state index contributed by atoms with van der Waals surface area (Å²) in [7, 11) is 1.63. The highest BCUT2D eigenvalue weighted by atomic mass is 32.1. The Balaban J connectivity index is 1.63. The molecule has 0 aliphatic heterocycles. The third-order valence-corrected chi connectivity index (χ3v) is 8.60. The lowest BCUT2D eigenvalue weighted by molar-refractivity contribution is 0.0526. The molecule has 36 heavy (non-hydrogen) atoms. The number of thiazole rings is 1. The number of allylic oxidation sites excluding steroid dienone is 1. The zero-order chi connectivity index (χ0) is 25.9. The Bertz CT molecular complexity index is 1320. The fraction of sp³-hybridized carbons (Fsp3) is 0.393. The van der Waals surface area contributed by atoms with E-state index in [2.05, 4.69) is 37.1 Å². The molecule has 0 bridgehead atoms. The van der Waals surface area contributed by atoms with E-state index in [-0.39, 0.29) is 11.4 Å². The average Bonchev–Trinajstić information content (AvgIpc) is 3.49. The molecule has 0 saturated heterocycles. The number of carbonyl (C=O) groups is 1. The van der Waals surface area contributed by atoms with Gasteiger partial charge in [-0.3, -0.25) is 0 Å². The van der Waals surface area contributed by atoms with E-state index in [1.165, 1.54) is 16.2 Å². The van der Waals surface area contributed by atoms with Crippen LogP contribution in [0.1, 0.15) is 59.9 Å². The molecule has 1 aliphatic carbocycles. The predicted molar refractivity (Wildman–Crippen MR) is 147 cm³/mol. The van der Waals surface area contributed by atoms with Gasteiger partial charge in [-0.1, -0.05) is 32.9 Å². The van der Waals surface area contributed by atoms with E-state index in [0.29, 0.717) is 28.7 Å². The molecule has 1 unspecified atom stereocenters. The number of ether oxygens (including phenoxy) is 2. The molecule has 2 heterocycles. The Labute approximate surface area is 220 Å². The molecule has 1 atom stereocenters. The minimum absolute atomic E-state index is 0.207. The van der Waals surface area contributed by atoms with Crippen LogP contribution in [-0.4, -0.2) is 24.7 Å². The van der Waals surface area contributed by atoms with Crippen molar-refractivity contribution in [2.75, 3.05) is 19.0 Å². The van der Waals surface area contributed by atoms with Gasteiger partial charge in [0.25, 0.3) is 0 Å². The van der Waals surface area contributed by atoms with Crippen LogP contribution in [-0.2, 0) is 17.6 Å². The van der Waals surface area contributed by atoms with Gasteiger partial charge in [-0.05, 0) is 55.2 Å². The number of carbonyl (C=O) groups excluding carboxylic acids is 1. The molecule has 0 fully saturated rings. The van der Waals surface area contributed by atoms with Crippen LogP contribution in [0, 0.1) is 22.7 Å². The van der Waals surface area contributed by atoms with Crippen molar-refractivity contribution >= 4 is 39.2 Å². The second-order valence-electron chi connectivity index (χ2n) is 9.82. The van der Waals surface area contributed by atoms with Crippen molar-refractivity contribution in [1.82, 2.24) is 4.98 Å². The number of aromatic nitrogens is 1. The summed E-state index contributed by atoms with van der Waals surface area (Å²) >= 11 is 3.00. The highest BCUT2D eigenvalue weighted by Gasteiger charge is 2.34. The number of nitriles is 1. The zero-order valence-electron chi connectivity index (χ0n) is 21.3. The number of thiophene rings is 1. The molecule has 0 radical (unpaired) electrons. The molecule has 188 valence electrons. The van der Waals surface area contributed by atoms with E-state index in [1.54, 1.807) is 24.6 Å². The van der Waals surface area contributed by atoms with E-state index in [0.717, 1.165) is 46.8 Å². The maximum absolute atomic E-state index is 12.9. The molecule has 4 rings (SSSR count). The van der Waals surface area contributed by atoms with Crippen molar-refractivity contribution < 1.29 is 14.3 Å². The van der Waals surface area contributed by atoms with Crippen molar-refractivity contribution in [3.63, 3.8) is 0 Å². The summed E-state index contributed by atoms with van der Waals surface area (Å²) in [5, 5.41) is 16.4. The van der Waals surface area contributed by atoms with Crippen LogP contribution in [0.25, 0.3) is 16.8 Å². The smallest absolute Gasteiger partial charge is 0.341 e. The summed E-state index contributed by atoms with van der Waals surface area (Å²) in [6.07, 6.45) is 4.50. The molecule has 0 spiro atoms. The Morgan fingerprint density at radius 2 is 2.17 bits per heavy atom. The third-order valence-electron chi connectivity index (χ3n) is 6.54. The number of benzene rings is 1. The van der Waals surface area contributed by atoms with Crippen molar-refractivity contribution in [2.45, 2.75) is 47.0 Å². The minimum atomic E-state index is -0.312. The van der Waals surface area contributed by atoms with Crippen molar-refractivity contribution in [1.29, 1.82) is 5.26 Å². The van der Waals surface area contributed by atoms with Crippen molar-refractivity contribution in [3.05, 3.63) is 56.9 Å². The van der Waals surface area contributed by atoms with E-state index < -0.39 is 0 Å². The highest BCUT2D eigenvalue weighted by Crippen LogP contribution is 2.44. The third kappa shape index (κ3) is 5.48. The zero-order valence-corrected chi connectivity index (χ0v) is 22.9. The quantitative estimate of drug-likeness (QED) is 0.262. The number of hydrogen-bond acceptors (Lipinski definition) is 8. The van der Waals surface area contributed by atoms with Gasteiger partial charge in [-0.15, -0.1) is 22.7 Å². The average molecular weight is 522 g/mol. The van der Waals surface area contributed by atoms with E-state index in [4.69, 9.17) is 9.47 Å². The Kier molecular flexibility index (Phi) is 7.82. The van der Waals surface area contributed by atoms with Gasteiger partial charge in [0.15, 0.2) is 0 Å². The molecule has 3 aromatic rings. The number of nitrogens with one attached hydrogen (secondary N) is 1. The van der Waals surface area contributed by atoms with Crippen LogP contribution >= 0.6 is 22.7 Å². The maximum atomic E-state index is 12.9. The SMILES string of the molecule is CCOC(=O)c1c(N/C=C(\C#N)c2nc(-c3cccc(OC)c3)cs2)sc2c1CCC(C(C)(C)C)C2. The molecule has 1 aromatic carbocycles. The predicted octanol–water partition coefficient (Wildman–Crippen LogP) is 7.18. The Morgan fingerprint density at radius 3 is 2.86 bits per heavy atom. The molecule has 2 aromatic heterocycles. The van der Waals surface area contributed by atoms with Crippen LogP contribution in [0.5, 0.6) is 5.75 Å². The molecule has 6 nitrogen and oxygen atoms in total. The molecule has 0 amide bonds. The summed E-state index contributed by atoms with van der Waals surface area (Å²) in [6.45, 7) is 8.96. The highest BCUT2D eigenvalue weighted by molar-refractivity contribution is 7.16. The van der Waals surface area contributed by atoms with Gasteiger partial charge in [0.2, 0.25) is 0 Å². The number of nitrogens with zero attached hydrogens (tertiary/aromatic N) is 2. The first-order chi connectivity index (χ1) is 17.2. The molecule has 0 saturated carbocycles. The van der Waals surface area contributed by atoms with Gasteiger partial charge in [0.05, 0.1) is 25.0 Å². The van der Waals surface area contributed by atoms with Gasteiger partial charge >= 0.3 is 5.97 Å². The fourth-order valence-corrected chi connectivity index (χ4v) is 6.52. The monoisotopic (exact) mass is 521 g/mol. The first-order valence-electron chi connectivity index (χ1n) is 12.0. The van der Waals surface area contributed by atoms with E-state index in [9.17, 15) is 10.1 Å². The van der Waals surface area contributed by atoms with E-state index in [1.807, 2.05) is 36.6 Å². The Morgan fingerprint density at radius 1 is 1.36 bits per heavy atom. The van der Waals surface area contributed by atoms with Crippen molar-refractivity contribution in [2.24, 2.45) is 11.3 Å². The summed E-state index contributed by atoms with van der Waals surface area (Å²) in [5.41, 5.74) is 4.01. The number of esters is 1. The number of hydrogen-bond donors (Lipinski definition) is 1. The number of rotatable bonds is 7. The lowest BCUT2D eigenvalue weighted by atomic mass is 9.72. The van der Waals surface area contributed by atoms with Crippen LogP contribution in [0.15, 0.2) is 35.8 Å². The topological polar surface area (TPSA) is 84.2 Å². The van der Waals surface area contributed by atoms with Gasteiger partial charge in [0, 0.05) is 22.0 Å². The lowest BCUT2D eigenvalue weighted by Gasteiger charge is -2.33. The molecule has 1 aliphatic rings. The normalized spacial score (nSPS) is 15.7. The standard InChI is InChI=1S/C28H31N3O3S2/c1-6-34-27(32)24-21-11-10-19(28(2,3)4)13-23(21)36-26(24)30-15-18(14-29)25-31-22(16-35-25)17-8-7-9-20(12-17)33-5/h7-9,12,15-16,19,30H,6,10-11,13H2,1-5H3/b18-15+. The van der Waals surface area contributed by atoms with Gasteiger partial charge in [-0.2, -0.15) is 5.26 Å². The molecular formula is C28H31N3O3S2. The van der Waals surface area contributed by atoms with E-state index >= 15 is 0 Å². The molecular weight excluding hydrogens is 490 g/mol. The number of anilines is 1. The number of fused-ring (bicyclic) bond motifs is 1. The Hall–Kier alpha value is -3.15. The van der Waals surface area contributed by atoms with Gasteiger partial charge in [0.1, 0.15) is 27.4 Å². The van der Waals surface area contributed by atoms with Crippen LogP contribution in [0.4, 0.5) is 5.00 Å². The summed E-state index contributed by atoms with van der Waals surface area (Å²) in [4.78, 5) is 18.8. The summed E-state index contributed by atoms with van der Waals surface area (Å²) in [6, 6.07) is 9.92. The van der Waals surface area contributed by atoms with Crippen molar-refractivity contribution in [3.8, 4) is 23.1 Å².